The summed E-state index contributed by atoms with van der Waals surface area (Å²) in [5, 5.41) is 1.00. The molecule has 2 aromatic rings. The van der Waals surface area contributed by atoms with E-state index >= 15 is 0 Å². The molecule has 0 saturated carbocycles. The van der Waals surface area contributed by atoms with Crippen molar-refractivity contribution in [2.45, 2.75) is 20.3 Å². The lowest BCUT2D eigenvalue weighted by atomic mass is 10.1. The molecule has 0 atom stereocenters. The quantitative estimate of drug-likeness (QED) is 0.484. The van der Waals surface area contributed by atoms with Gasteiger partial charge in [0.1, 0.15) is 5.75 Å². The fourth-order valence-corrected chi connectivity index (χ4v) is 2.35. The normalized spacial score (nSPS) is 11.3. The number of esters is 1. The highest BCUT2D eigenvalue weighted by Crippen LogP contribution is 2.29. The minimum Gasteiger partial charge on any atom is -0.426 e. The highest BCUT2D eigenvalue weighted by atomic mass is 16.5. The maximum absolute atomic E-state index is 11.9. The fourth-order valence-electron chi connectivity index (χ4n) is 2.35. The van der Waals surface area contributed by atoms with E-state index in [-0.39, 0.29) is 11.9 Å². The first kappa shape index (κ1) is 16.3. The lowest BCUT2D eigenvalue weighted by Gasteiger charge is -2.14. The summed E-state index contributed by atoms with van der Waals surface area (Å²) in [6.45, 7) is 9.21. The summed E-state index contributed by atoms with van der Waals surface area (Å²) in [6.07, 6.45) is 4.78. The van der Waals surface area contributed by atoms with Gasteiger partial charge in [-0.1, -0.05) is 26.0 Å². The van der Waals surface area contributed by atoms with Crippen molar-refractivity contribution in [2.75, 3.05) is 20.1 Å². The van der Waals surface area contributed by atoms with Crippen LogP contribution in [0.4, 0.5) is 0 Å². The van der Waals surface area contributed by atoms with Gasteiger partial charge in [-0.2, -0.15) is 0 Å². The summed E-state index contributed by atoms with van der Waals surface area (Å²) >= 11 is 0. The molecule has 0 unspecified atom stereocenters. The predicted octanol–water partition coefficient (Wildman–Crippen LogP) is 3.39. The SMILES string of the molecule is C=CCN(C)CCc1c[nH]c2cccc(OC(=O)C(C)C)c12. The zero-order valence-corrected chi connectivity index (χ0v) is 13.6. The summed E-state index contributed by atoms with van der Waals surface area (Å²) in [6, 6.07) is 5.75. The van der Waals surface area contributed by atoms with E-state index in [9.17, 15) is 4.79 Å². The van der Waals surface area contributed by atoms with Gasteiger partial charge in [0.05, 0.1) is 5.92 Å². The molecule has 2 rings (SSSR count). The Hall–Kier alpha value is -2.07. The standard InChI is InChI=1S/C18H24N2O2/c1-5-10-20(4)11-9-14-12-19-15-7-6-8-16(17(14)15)22-18(21)13(2)3/h5-8,12-13,19H,1,9-11H2,2-4H3. The first-order chi connectivity index (χ1) is 10.5. The average Bonchev–Trinajstić information content (AvgIpc) is 2.89. The van der Waals surface area contributed by atoms with Crippen LogP contribution in [0.2, 0.25) is 0 Å². The largest absolute Gasteiger partial charge is 0.426 e. The third kappa shape index (κ3) is 3.77. The zero-order chi connectivity index (χ0) is 16.1. The average molecular weight is 300 g/mol. The summed E-state index contributed by atoms with van der Waals surface area (Å²) in [5.41, 5.74) is 2.16. The molecule has 0 aliphatic carbocycles. The molecule has 1 heterocycles. The van der Waals surface area contributed by atoms with E-state index in [0.717, 1.165) is 36.0 Å². The van der Waals surface area contributed by atoms with Crippen molar-refractivity contribution in [1.29, 1.82) is 0 Å². The summed E-state index contributed by atoms with van der Waals surface area (Å²) in [5.74, 6) is 0.290. The molecule has 118 valence electrons. The molecule has 0 amide bonds. The van der Waals surface area contributed by atoms with Crippen LogP contribution in [0, 0.1) is 5.92 Å². The molecule has 4 heteroatoms. The first-order valence-electron chi connectivity index (χ1n) is 7.63. The Morgan fingerprint density at radius 3 is 2.91 bits per heavy atom. The van der Waals surface area contributed by atoms with E-state index in [1.54, 1.807) is 0 Å². The van der Waals surface area contributed by atoms with Crippen LogP contribution in [0.25, 0.3) is 10.9 Å². The van der Waals surface area contributed by atoms with E-state index in [1.165, 1.54) is 0 Å². The van der Waals surface area contributed by atoms with Crippen LogP contribution in [0.5, 0.6) is 5.75 Å². The predicted molar refractivity (Wildman–Crippen MR) is 90.2 cm³/mol. The molecular weight excluding hydrogens is 276 g/mol. The van der Waals surface area contributed by atoms with Gasteiger partial charge in [-0.05, 0) is 31.2 Å². The second-order valence-electron chi connectivity index (χ2n) is 5.87. The van der Waals surface area contributed by atoms with Gasteiger partial charge in [-0.15, -0.1) is 6.58 Å². The number of likely N-dealkylation sites (N-methyl/N-ethyl adjacent to an activating group) is 1. The van der Waals surface area contributed by atoms with Crippen LogP contribution >= 0.6 is 0 Å². The number of H-pyrrole nitrogens is 1. The number of benzene rings is 1. The third-order valence-electron chi connectivity index (χ3n) is 3.63. The molecule has 0 aliphatic rings. The number of carbonyl (C=O) groups is 1. The van der Waals surface area contributed by atoms with Crippen LogP contribution in [0.15, 0.2) is 37.1 Å². The lowest BCUT2D eigenvalue weighted by Crippen LogP contribution is -2.21. The maximum Gasteiger partial charge on any atom is 0.313 e. The Morgan fingerprint density at radius 1 is 1.45 bits per heavy atom. The zero-order valence-electron chi connectivity index (χ0n) is 13.6. The van der Waals surface area contributed by atoms with E-state index in [4.69, 9.17) is 4.74 Å². The van der Waals surface area contributed by atoms with Gasteiger partial charge in [-0.3, -0.25) is 4.79 Å². The number of carbonyl (C=O) groups excluding carboxylic acids is 1. The van der Waals surface area contributed by atoms with Crippen LogP contribution < -0.4 is 4.74 Å². The van der Waals surface area contributed by atoms with Gasteiger partial charge in [0.15, 0.2) is 0 Å². The van der Waals surface area contributed by atoms with Crippen molar-refractivity contribution < 1.29 is 9.53 Å². The molecule has 0 fully saturated rings. The van der Waals surface area contributed by atoms with E-state index in [2.05, 4.69) is 23.5 Å². The van der Waals surface area contributed by atoms with Crippen molar-refractivity contribution in [3.63, 3.8) is 0 Å². The van der Waals surface area contributed by atoms with Crippen molar-refractivity contribution in [3.05, 3.63) is 42.6 Å². The van der Waals surface area contributed by atoms with E-state index in [0.29, 0.717) is 5.75 Å². The molecule has 4 nitrogen and oxygen atoms in total. The van der Waals surface area contributed by atoms with Gasteiger partial charge >= 0.3 is 5.97 Å². The van der Waals surface area contributed by atoms with Gasteiger partial charge in [0, 0.05) is 30.2 Å². The Balaban J connectivity index is 2.24. The molecule has 0 saturated heterocycles. The number of aromatic amines is 1. The van der Waals surface area contributed by atoms with Gasteiger partial charge in [0.25, 0.3) is 0 Å². The van der Waals surface area contributed by atoms with Crippen LogP contribution in [0.1, 0.15) is 19.4 Å². The van der Waals surface area contributed by atoms with Crippen LogP contribution in [-0.2, 0) is 11.2 Å². The van der Waals surface area contributed by atoms with E-state index < -0.39 is 0 Å². The van der Waals surface area contributed by atoms with Gasteiger partial charge < -0.3 is 14.6 Å². The Bertz CT molecular complexity index is 658. The Kier molecular flexibility index (Phi) is 5.39. The number of nitrogens with zero attached hydrogens (tertiary/aromatic N) is 1. The number of hydrogen-bond donors (Lipinski definition) is 1. The number of hydrogen-bond acceptors (Lipinski definition) is 3. The van der Waals surface area contributed by atoms with Crippen LogP contribution in [0.3, 0.4) is 0 Å². The number of fused-ring (bicyclic) bond motifs is 1. The number of rotatable bonds is 7. The summed E-state index contributed by atoms with van der Waals surface area (Å²) in [4.78, 5) is 17.3. The van der Waals surface area contributed by atoms with Crippen LogP contribution in [-0.4, -0.2) is 36.0 Å². The minimum absolute atomic E-state index is 0.142. The lowest BCUT2D eigenvalue weighted by molar-refractivity contribution is -0.137. The van der Waals surface area contributed by atoms with Crippen molar-refractivity contribution in [3.8, 4) is 5.75 Å². The van der Waals surface area contributed by atoms with Crippen molar-refractivity contribution in [2.24, 2.45) is 5.92 Å². The fraction of sp³-hybridized carbons (Fsp3) is 0.389. The molecule has 0 spiro atoms. The highest BCUT2D eigenvalue weighted by molar-refractivity contribution is 5.91. The minimum atomic E-state index is -0.205. The van der Waals surface area contributed by atoms with Gasteiger partial charge in [-0.25, -0.2) is 0 Å². The summed E-state index contributed by atoms with van der Waals surface area (Å²) < 4.78 is 5.55. The number of ether oxygens (including phenoxy) is 1. The van der Waals surface area contributed by atoms with Crippen molar-refractivity contribution >= 4 is 16.9 Å². The summed E-state index contributed by atoms with van der Waals surface area (Å²) in [7, 11) is 2.07. The van der Waals surface area contributed by atoms with Crippen molar-refractivity contribution in [1.82, 2.24) is 9.88 Å². The molecule has 0 bridgehead atoms. The second-order valence-corrected chi connectivity index (χ2v) is 5.87. The van der Waals surface area contributed by atoms with E-state index in [1.807, 2.05) is 44.3 Å². The molecule has 0 aliphatic heterocycles. The Morgan fingerprint density at radius 2 is 2.23 bits per heavy atom. The third-order valence-corrected chi connectivity index (χ3v) is 3.63. The monoisotopic (exact) mass is 300 g/mol. The second kappa shape index (κ2) is 7.27. The molecule has 0 radical (unpaired) electrons. The molecular formula is C18H24N2O2. The number of nitrogens with one attached hydrogen (secondary N) is 1. The molecule has 1 aromatic heterocycles. The molecule has 1 aromatic carbocycles. The first-order valence-corrected chi connectivity index (χ1v) is 7.63. The highest BCUT2D eigenvalue weighted by Gasteiger charge is 2.15. The topological polar surface area (TPSA) is 45.3 Å². The molecule has 1 N–H and O–H groups in total. The molecule has 22 heavy (non-hydrogen) atoms. The Labute approximate surface area is 131 Å². The number of aromatic nitrogens is 1. The van der Waals surface area contributed by atoms with Gasteiger partial charge in [0.2, 0.25) is 0 Å². The smallest absolute Gasteiger partial charge is 0.313 e. The maximum atomic E-state index is 11.9.